The van der Waals surface area contributed by atoms with Crippen LogP contribution >= 0.6 is 11.3 Å². The Morgan fingerprint density at radius 2 is 2.24 bits per heavy atom. The van der Waals surface area contributed by atoms with Crippen LogP contribution in [0.15, 0.2) is 11.4 Å². The summed E-state index contributed by atoms with van der Waals surface area (Å²) in [5.74, 6) is 0. The molecule has 0 spiro atoms. The van der Waals surface area contributed by atoms with Crippen molar-refractivity contribution in [1.82, 2.24) is 10.2 Å². The van der Waals surface area contributed by atoms with Crippen LogP contribution < -0.4 is 5.32 Å². The van der Waals surface area contributed by atoms with Gasteiger partial charge in [0, 0.05) is 17.0 Å². The van der Waals surface area contributed by atoms with E-state index in [9.17, 15) is 0 Å². The lowest BCUT2D eigenvalue weighted by Crippen LogP contribution is -2.34. The van der Waals surface area contributed by atoms with E-state index in [0.29, 0.717) is 6.04 Å². The standard InChI is InChI=1S/C14H24N2S/c1-11-7-10-17-14(11)12(2)16(3)13-5-4-8-15-9-6-13/h7,10,12-13,15H,4-6,8-9H2,1-3H3. The number of hydrogen-bond donors (Lipinski definition) is 1. The first kappa shape index (κ1) is 13.1. The summed E-state index contributed by atoms with van der Waals surface area (Å²) in [6.07, 6.45) is 3.93. The first-order chi connectivity index (χ1) is 8.20. The van der Waals surface area contributed by atoms with E-state index < -0.39 is 0 Å². The molecule has 96 valence electrons. The van der Waals surface area contributed by atoms with Crippen molar-refractivity contribution < 1.29 is 0 Å². The molecule has 1 fully saturated rings. The molecule has 0 saturated carbocycles. The minimum absolute atomic E-state index is 0.554. The number of nitrogens with zero attached hydrogens (tertiary/aromatic N) is 1. The van der Waals surface area contributed by atoms with Gasteiger partial charge in [0.15, 0.2) is 0 Å². The van der Waals surface area contributed by atoms with E-state index in [2.05, 4.69) is 42.6 Å². The van der Waals surface area contributed by atoms with Gasteiger partial charge < -0.3 is 5.32 Å². The lowest BCUT2D eigenvalue weighted by molar-refractivity contribution is 0.173. The zero-order chi connectivity index (χ0) is 12.3. The zero-order valence-corrected chi connectivity index (χ0v) is 12.0. The van der Waals surface area contributed by atoms with Crippen LogP contribution in [0, 0.1) is 6.92 Å². The maximum absolute atomic E-state index is 3.49. The molecule has 0 bridgehead atoms. The number of hydrogen-bond acceptors (Lipinski definition) is 3. The summed E-state index contributed by atoms with van der Waals surface area (Å²) in [4.78, 5) is 4.11. The number of thiophene rings is 1. The highest BCUT2D eigenvalue weighted by Crippen LogP contribution is 2.30. The van der Waals surface area contributed by atoms with Crippen LogP contribution in [0.5, 0.6) is 0 Å². The van der Waals surface area contributed by atoms with Crippen molar-refractivity contribution in [2.45, 2.75) is 45.2 Å². The Labute approximate surface area is 109 Å². The average Bonchev–Trinajstić information content (AvgIpc) is 2.60. The van der Waals surface area contributed by atoms with Crippen molar-refractivity contribution in [3.63, 3.8) is 0 Å². The maximum atomic E-state index is 3.49. The molecule has 2 rings (SSSR count). The van der Waals surface area contributed by atoms with Crippen LogP contribution in [-0.2, 0) is 0 Å². The molecule has 1 N–H and O–H groups in total. The van der Waals surface area contributed by atoms with E-state index in [0.717, 1.165) is 6.04 Å². The Balaban J connectivity index is 2.03. The van der Waals surface area contributed by atoms with Crippen molar-refractivity contribution in [2.24, 2.45) is 0 Å². The van der Waals surface area contributed by atoms with Gasteiger partial charge in [0.1, 0.15) is 0 Å². The number of nitrogens with one attached hydrogen (secondary N) is 1. The summed E-state index contributed by atoms with van der Waals surface area (Å²) in [5, 5.41) is 5.71. The van der Waals surface area contributed by atoms with E-state index in [4.69, 9.17) is 0 Å². The third kappa shape index (κ3) is 3.09. The predicted molar refractivity (Wildman–Crippen MR) is 75.7 cm³/mol. The molecule has 0 amide bonds. The van der Waals surface area contributed by atoms with Gasteiger partial charge in [-0.05, 0) is 70.3 Å². The Kier molecular flexibility index (Phi) is 4.60. The van der Waals surface area contributed by atoms with E-state index in [-0.39, 0.29) is 0 Å². The zero-order valence-electron chi connectivity index (χ0n) is 11.2. The largest absolute Gasteiger partial charge is 0.317 e. The van der Waals surface area contributed by atoms with Crippen LogP contribution in [0.1, 0.15) is 42.7 Å². The van der Waals surface area contributed by atoms with Gasteiger partial charge in [-0.25, -0.2) is 0 Å². The highest BCUT2D eigenvalue weighted by atomic mass is 32.1. The molecule has 1 aromatic rings. The molecular weight excluding hydrogens is 228 g/mol. The third-order valence-electron chi connectivity index (χ3n) is 4.01. The van der Waals surface area contributed by atoms with Gasteiger partial charge in [0.05, 0.1) is 0 Å². The quantitative estimate of drug-likeness (QED) is 0.889. The molecule has 2 unspecified atom stereocenters. The van der Waals surface area contributed by atoms with Gasteiger partial charge in [-0.3, -0.25) is 4.90 Å². The first-order valence-corrected chi connectivity index (χ1v) is 7.54. The second-order valence-corrected chi connectivity index (χ2v) is 6.09. The third-order valence-corrected chi connectivity index (χ3v) is 5.20. The lowest BCUT2D eigenvalue weighted by atomic mass is 10.0. The van der Waals surface area contributed by atoms with Crippen molar-refractivity contribution >= 4 is 11.3 Å². The Morgan fingerprint density at radius 1 is 1.41 bits per heavy atom. The molecule has 3 heteroatoms. The van der Waals surface area contributed by atoms with Gasteiger partial charge in [0.2, 0.25) is 0 Å². The maximum Gasteiger partial charge on any atom is 0.0415 e. The Morgan fingerprint density at radius 3 is 2.94 bits per heavy atom. The van der Waals surface area contributed by atoms with Crippen LogP contribution in [-0.4, -0.2) is 31.1 Å². The Hall–Kier alpha value is -0.380. The van der Waals surface area contributed by atoms with Crippen molar-refractivity contribution in [3.8, 4) is 0 Å². The summed E-state index contributed by atoms with van der Waals surface area (Å²) < 4.78 is 0. The van der Waals surface area contributed by atoms with Gasteiger partial charge in [-0.2, -0.15) is 0 Å². The molecule has 0 aliphatic carbocycles. The molecule has 0 radical (unpaired) electrons. The minimum atomic E-state index is 0.554. The van der Waals surface area contributed by atoms with E-state index in [1.807, 2.05) is 11.3 Å². The average molecular weight is 252 g/mol. The van der Waals surface area contributed by atoms with Gasteiger partial charge >= 0.3 is 0 Å². The first-order valence-electron chi connectivity index (χ1n) is 6.67. The fourth-order valence-corrected chi connectivity index (χ4v) is 3.76. The molecule has 1 saturated heterocycles. The van der Waals surface area contributed by atoms with Gasteiger partial charge in [-0.15, -0.1) is 11.3 Å². The van der Waals surface area contributed by atoms with Crippen LogP contribution in [0.4, 0.5) is 0 Å². The predicted octanol–water partition coefficient (Wildman–Crippen LogP) is 3.19. The number of rotatable bonds is 3. The molecule has 17 heavy (non-hydrogen) atoms. The molecule has 0 aromatic carbocycles. The molecule has 1 aliphatic rings. The topological polar surface area (TPSA) is 15.3 Å². The van der Waals surface area contributed by atoms with Crippen molar-refractivity contribution in [3.05, 3.63) is 21.9 Å². The SMILES string of the molecule is Cc1ccsc1C(C)N(C)C1CCCNCC1. The lowest BCUT2D eigenvalue weighted by Gasteiger charge is -2.32. The molecular formula is C14H24N2S. The van der Waals surface area contributed by atoms with E-state index >= 15 is 0 Å². The molecule has 2 atom stereocenters. The van der Waals surface area contributed by atoms with E-state index in [1.165, 1.54) is 42.8 Å². The molecule has 1 aliphatic heterocycles. The van der Waals surface area contributed by atoms with Crippen molar-refractivity contribution in [1.29, 1.82) is 0 Å². The smallest absolute Gasteiger partial charge is 0.0415 e. The van der Waals surface area contributed by atoms with Crippen LogP contribution in [0.2, 0.25) is 0 Å². The summed E-state index contributed by atoms with van der Waals surface area (Å²) in [7, 11) is 2.29. The summed E-state index contributed by atoms with van der Waals surface area (Å²) in [6, 6.07) is 3.53. The summed E-state index contributed by atoms with van der Waals surface area (Å²) >= 11 is 1.90. The highest BCUT2D eigenvalue weighted by Gasteiger charge is 2.23. The normalized spacial score (nSPS) is 23.6. The van der Waals surface area contributed by atoms with Crippen molar-refractivity contribution in [2.75, 3.05) is 20.1 Å². The molecule has 1 aromatic heterocycles. The highest BCUT2D eigenvalue weighted by molar-refractivity contribution is 7.10. The fourth-order valence-electron chi connectivity index (χ4n) is 2.72. The van der Waals surface area contributed by atoms with Gasteiger partial charge in [-0.1, -0.05) is 0 Å². The second kappa shape index (κ2) is 5.98. The van der Waals surface area contributed by atoms with Gasteiger partial charge in [0.25, 0.3) is 0 Å². The van der Waals surface area contributed by atoms with E-state index in [1.54, 1.807) is 0 Å². The summed E-state index contributed by atoms with van der Waals surface area (Å²) in [6.45, 7) is 6.93. The second-order valence-electron chi connectivity index (χ2n) is 5.14. The summed E-state index contributed by atoms with van der Waals surface area (Å²) in [5.41, 5.74) is 1.45. The van der Waals surface area contributed by atoms with Crippen LogP contribution in [0.3, 0.4) is 0 Å². The monoisotopic (exact) mass is 252 g/mol. The Bertz CT molecular complexity index is 340. The van der Waals surface area contributed by atoms with Crippen LogP contribution in [0.25, 0.3) is 0 Å². The molecule has 2 nitrogen and oxygen atoms in total. The minimum Gasteiger partial charge on any atom is -0.317 e. The number of aryl methyl sites for hydroxylation is 1. The fraction of sp³-hybridized carbons (Fsp3) is 0.714. The molecule has 2 heterocycles.